The Balaban J connectivity index is 1.49. The lowest BCUT2D eigenvalue weighted by Crippen LogP contribution is -2.53. The highest BCUT2D eigenvalue weighted by Crippen LogP contribution is 2.59. The number of ether oxygens (including phenoxy) is 2. The van der Waals surface area contributed by atoms with Crippen LogP contribution in [0.3, 0.4) is 0 Å². The molecule has 5 unspecified atom stereocenters. The van der Waals surface area contributed by atoms with Gasteiger partial charge in [-0.3, -0.25) is 0 Å². The van der Waals surface area contributed by atoms with Crippen molar-refractivity contribution in [3.8, 4) is 11.8 Å². The van der Waals surface area contributed by atoms with E-state index in [9.17, 15) is 5.11 Å². The fourth-order valence-electron chi connectivity index (χ4n) is 5.39. The highest BCUT2D eigenvalue weighted by atomic mass is 28.4. The SMILES string of the molecule is CC(C)(C)[Si](C)(C)OC(C#CC1C(O)CC2C1CC21OCCO1)C1CCCC1. The Bertz CT molecular complexity index is 631. The lowest BCUT2D eigenvalue weighted by molar-refractivity contribution is -0.270. The van der Waals surface area contributed by atoms with Crippen LogP contribution >= 0.6 is 0 Å². The molecular weight excluding hydrogens is 368 g/mol. The summed E-state index contributed by atoms with van der Waals surface area (Å²) in [6.45, 7) is 12.9. The van der Waals surface area contributed by atoms with Crippen molar-refractivity contribution < 1.29 is 19.0 Å². The summed E-state index contributed by atoms with van der Waals surface area (Å²) in [4.78, 5) is 0. The van der Waals surface area contributed by atoms with Gasteiger partial charge in [-0.2, -0.15) is 0 Å². The number of aliphatic hydroxyl groups excluding tert-OH is 1. The smallest absolute Gasteiger partial charge is 0.193 e. The Morgan fingerprint density at radius 1 is 1.14 bits per heavy atom. The lowest BCUT2D eigenvalue weighted by atomic mass is 9.67. The molecule has 3 saturated carbocycles. The van der Waals surface area contributed by atoms with E-state index in [1.165, 1.54) is 25.7 Å². The van der Waals surface area contributed by atoms with Crippen LogP contribution in [0.4, 0.5) is 0 Å². The minimum Gasteiger partial charge on any atom is -0.403 e. The van der Waals surface area contributed by atoms with Crippen molar-refractivity contribution in [1.82, 2.24) is 0 Å². The summed E-state index contributed by atoms with van der Waals surface area (Å²) >= 11 is 0. The van der Waals surface area contributed by atoms with E-state index in [4.69, 9.17) is 13.9 Å². The summed E-state index contributed by atoms with van der Waals surface area (Å²) in [5, 5.41) is 10.9. The van der Waals surface area contributed by atoms with E-state index >= 15 is 0 Å². The van der Waals surface area contributed by atoms with Crippen LogP contribution in [0, 0.1) is 35.5 Å². The molecule has 4 aliphatic rings. The monoisotopic (exact) mass is 406 g/mol. The number of hydrogen-bond donors (Lipinski definition) is 1. The number of rotatable bonds is 3. The van der Waals surface area contributed by atoms with Gasteiger partial charge < -0.3 is 19.0 Å². The molecule has 5 heteroatoms. The molecule has 1 heterocycles. The summed E-state index contributed by atoms with van der Waals surface area (Å²) < 4.78 is 18.6. The largest absolute Gasteiger partial charge is 0.403 e. The van der Waals surface area contributed by atoms with E-state index in [2.05, 4.69) is 45.7 Å². The summed E-state index contributed by atoms with van der Waals surface area (Å²) in [5.74, 6) is 7.93. The van der Waals surface area contributed by atoms with Gasteiger partial charge in [0.2, 0.25) is 0 Å². The predicted octanol–water partition coefficient (Wildman–Crippen LogP) is 4.33. The molecule has 0 aromatic heterocycles. The van der Waals surface area contributed by atoms with Crippen molar-refractivity contribution in [3.63, 3.8) is 0 Å². The first-order valence-electron chi connectivity index (χ1n) is 11.3. The van der Waals surface area contributed by atoms with E-state index in [-0.39, 0.29) is 23.2 Å². The Labute approximate surface area is 171 Å². The van der Waals surface area contributed by atoms with Crippen LogP contribution in [-0.4, -0.2) is 44.6 Å². The number of aliphatic hydroxyl groups is 1. The van der Waals surface area contributed by atoms with Gasteiger partial charge in [0, 0.05) is 18.3 Å². The van der Waals surface area contributed by atoms with Crippen molar-refractivity contribution in [1.29, 1.82) is 0 Å². The molecule has 1 N–H and O–H groups in total. The maximum absolute atomic E-state index is 10.7. The molecule has 4 nitrogen and oxygen atoms in total. The molecule has 4 fully saturated rings. The Kier molecular flexibility index (Phi) is 5.51. The van der Waals surface area contributed by atoms with Crippen LogP contribution in [0.2, 0.25) is 18.1 Å². The standard InChI is InChI=1S/C23H38O4Si/c1-22(2,3)28(4,5)27-21(16-8-6-7-9-16)11-10-17-18-15-23(25-12-13-26-23)19(18)14-20(17)24/h16-21,24H,6-9,12-15H2,1-5H3. The lowest BCUT2D eigenvalue weighted by Gasteiger charge is -2.48. The summed E-state index contributed by atoms with van der Waals surface area (Å²) in [6, 6.07) is 0. The highest BCUT2D eigenvalue weighted by molar-refractivity contribution is 6.74. The molecule has 0 amide bonds. The molecule has 5 atom stereocenters. The Hall–Kier alpha value is -0.383. The quantitative estimate of drug-likeness (QED) is 0.560. The Morgan fingerprint density at radius 2 is 1.79 bits per heavy atom. The third kappa shape index (κ3) is 3.61. The second kappa shape index (κ2) is 7.39. The molecule has 158 valence electrons. The summed E-state index contributed by atoms with van der Waals surface area (Å²) in [5.41, 5.74) is 0. The molecule has 1 saturated heterocycles. The van der Waals surface area contributed by atoms with Crippen molar-refractivity contribution >= 4 is 8.32 Å². The first-order chi connectivity index (χ1) is 13.1. The molecule has 0 aromatic carbocycles. The minimum atomic E-state index is -1.88. The van der Waals surface area contributed by atoms with Gasteiger partial charge in [0.1, 0.15) is 6.10 Å². The molecule has 28 heavy (non-hydrogen) atoms. The van der Waals surface area contributed by atoms with Gasteiger partial charge in [-0.25, -0.2) is 0 Å². The predicted molar refractivity (Wildman–Crippen MR) is 112 cm³/mol. The molecule has 3 aliphatic carbocycles. The second-order valence-electron chi connectivity index (χ2n) is 10.9. The zero-order chi connectivity index (χ0) is 20.2. The van der Waals surface area contributed by atoms with Crippen LogP contribution in [0.1, 0.15) is 59.3 Å². The molecule has 0 aromatic rings. The van der Waals surface area contributed by atoms with Crippen molar-refractivity contribution in [2.45, 2.75) is 95.4 Å². The van der Waals surface area contributed by atoms with Crippen LogP contribution in [0.5, 0.6) is 0 Å². The van der Waals surface area contributed by atoms with Crippen molar-refractivity contribution in [2.24, 2.45) is 23.7 Å². The third-order valence-electron chi connectivity index (χ3n) is 8.20. The van der Waals surface area contributed by atoms with Crippen LogP contribution in [0.25, 0.3) is 0 Å². The van der Waals surface area contributed by atoms with Gasteiger partial charge in [-0.15, -0.1) is 0 Å². The van der Waals surface area contributed by atoms with Gasteiger partial charge in [-0.1, -0.05) is 45.5 Å². The average molecular weight is 407 g/mol. The maximum atomic E-state index is 10.7. The molecule has 1 spiro atoms. The minimum absolute atomic E-state index is 0.0164. The maximum Gasteiger partial charge on any atom is 0.193 e. The zero-order valence-corrected chi connectivity index (χ0v) is 19.3. The van der Waals surface area contributed by atoms with Gasteiger partial charge in [0.25, 0.3) is 0 Å². The van der Waals surface area contributed by atoms with Gasteiger partial charge in [0.05, 0.1) is 19.3 Å². The van der Waals surface area contributed by atoms with Gasteiger partial charge in [0.15, 0.2) is 14.1 Å². The first-order valence-corrected chi connectivity index (χ1v) is 14.2. The number of hydrogen-bond acceptors (Lipinski definition) is 4. The fraction of sp³-hybridized carbons (Fsp3) is 0.913. The molecule has 4 rings (SSSR count). The van der Waals surface area contributed by atoms with Crippen LogP contribution in [-0.2, 0) is 13.9 Å². The molecular formula is C23H38O4Si. The van der Waals surface area contributed by atoms with Crippen molar-refractivity contribution in [2.75, 3.05) is 13.2 Å². The van der Waals surface area contributed by atoms with E-state index in [0.29, 0.717) is 31.0 Å². The summed E-state index contributed by atoms with van der Waals surface area (Å²) in [7, 11) is -1.88. The van der Waals surface area contributed by atoms with Gasteiger partial charge in [-0.05, 0) is 49.2 Å². The second-order valence-corrected chi connectivity index (χ2v) is 15.7. The van der Waals surface area contributed by atoms with E-state index in [0.717, 1.165) is 12.8 Å². The van der Waals surface area contributed by atoms with Crippen LogP contribution in [0.15, 0.2) is 0 Å². The third-order valence-corrected chi connectivity index (χ3v) is 12.7. The van der Waals surface area contributed by atoms with E-state index < -0.39 is 14.1 Å². The number of fused-ring (bicyclic) bond motifs is 2. The fourth-order valence-corrected chi connectivity index (χ4v) is 6.63. The molecule has 0 bridgehead atoms. The Morgan fingerprint density at radius 3 is 2.39 bits per heavy atom. The van der Waals surface area contributed by atoms with E-state index in [1.54, 1.807) is 0 Å². The van der Waals surface area contributed by atoms with Crippen LogP contribution < -0.4 is 0 Å². The van der Waals surface area contributed by atoms with E-state index in [1.807, 2.05) is 0 Å². The molecule has 1 aliphatic heterocycles. The highest BCUT2D eigenvalue weighted by Gasteiger charge is 2.64. The molecule has 0 radical (unpaired) electrons. The first kappa shape index (κ1) is 20.9. The van der Waals surface area contributed by atoms with Crippen molar-refractivity contribution in [3.05, 3.63) is 0 Å². The topological polar surface area (TPSA) is 47.9 Å². The normalized spacial score (nSPS) is 36.1. The van der Waals surface area contributed by atoms with Gasteiger partial charge >= 0.3 is 0 Å². The zero-order valence-electron chi connectivity index (χ0n) is 18.3. The summed E-state index contributed by atoms with van der Waals surface area (Å²) in [6.07, 6.45) is 6.30. The average Bonchev–Trinajstić information content (AvgIpc) is 3.32.